The molecular formula is C19H26ClN5O2. The molecule has 0 amide bonds. The van der Waals surface area contributed by atoms with Gasteiger partial charge in [-0.05, 0) is 44.5 Å². The topological polar surface area (TPSA) is 71.5 Å². The summed E-state index contributed by atoms with van der Waals surface area (Å²) < 4.78 is 11.4. The van der Waals surface area contributed by atoms with Crippen molar-refractivity contribution < 1.29 is 9.47 Å². The minimum atomic E-state index is 0.365. The quantitative estimate of drug-likeness (QED) is 0.497. The summed E-state index contributed by atoms with van der Waals surface area (Å²) in [5.41, 5.74) is 0.801. The average Bonchev–Trinajstić information content (AvgIpc) is 3.18. The first-order valence-electron chi connectivity index (χ1n) is 9.20. The largest absolute Gasteiger partial charge is 0.493 e. The monoisotopic (exact) mass is 391 g/mol. The molecule has 1 saturated heterocycles. The molecule has 7 nitrogen and oxygen atoms in total. The standard InChI is InChI=1S/C19H26ClN5O2/c1-21-18-13-17(20)23-19(24-18)22-14-6-7-15(26-2)16(12-14)27-11-5-10-25-8-3-4-9-25/h6-7,12-13H,3-5,8-11H2,1-2H3,(H2,21,22,23,24). The zero-order valence-electron chi connectivity index (χ0n) is 15.8. The van der Waals surface area contributed by atoms with Crippen molar-refractivity contribution >= 4 is 29.1 Å². The lowest BCUT2D eigenvalue weighted by Gasteiger charge is -2.16. The highest BCUT2D eigenvalue weighted by Crippen LogP contribution is 2.31. The van der Waals surface area contributed by atoms with E-state index < -0.39 is 0 Å². The third-order valence-corrected chi connectivity index (χ3v) is 4.64. The van der Waals surface area contributed by atoms with Crippen LogP contribution in [0, 0.1) is 0 Å². The summed E-state index contributed by atoms with van der Waals surface area (Å²) in [7, 11) is 3.42. The Balaban J connectivity index is 1.62. The van der Waals surface area contributed by atoms with Gasteiger partial charge in [-0.1, -0.05) is 11.6 Å². The van der Waals surface area contributed by atoms with E-state index in [1.807, 2.05) is 18.2 Å². The number of rotatable bonds is 9. The molecule has 3 rings (SSSR count). The van der Waals surface area contributed by atoms with E-state index >= 15 is 0 Å². The van der Waals surface area contributed by atoms with Gasteiger partial charge in [0, 0.05) is 31.4 Å². The van der Waals surface area contributed by atoms with Crippen LogP contribution in [-0.2, 0) is 0 Å². The lowest BCUT2D eigenvalue weighted by molar-refractivity contribution is 0.254. The van der Waals surface area contributed by atoms with Gasteiger partial charge in [-0.15, -0.1) is 0 Å². The zero-order chi connectivity index (χ0) is 19.1. The fraction of sp³-hybridized carbons (Fsp3) is 0.474. The molecule has 1 aliphatic rings. The van der Waals surface area contributed by atoms with Gasteiger partial charge in [0.15, 0.2) is 11.5 Å². The summed E-state index contributed by atoms with van der Waals surface area (Å²) in [6.07, 6.45) is 3.61. The number of ether oxygens (including phenoxy) is 2. The lowest BCUT2D eigenvalue weighted by atomic mass is 10.2. The molecule has 2 aromatic rings. The second-order valence-corrected chi connectivity index (χ2v) is 6.78. The van der Waals surface area contributed by atoms with Crippen LogP contribution in [0.1, 0.15) is 19.3 Å². The predicted octanol–water partition coefficient (Wildman–Crippen LogP) is 3.79. The Morgan fingerprint density at radius 1 is 1.15 bits per heavy atom. The van der Waals surface area contributed by atoms with Crippen molar-refractivity contribution in [3.8, 4) is 11.5 Å². The normalized spacial score (nSPS) is 14.2. The molecule has 1 fully saturated rings. The molecule has 2 N–H and O–H groups in total. The minimum absolute atomic E-state index is 0.365. The summed E-state index contributed by atoms with van der Waals surface area (Å²) >= 11 is 6.03. The van der Waals surface area contributed by atoms with Crippen LogP contribution in [0.4, 0.5) is 17.5 Å². The molecule has 2 heterocycles. The molecule has 1 aromatic heterocycles. The van der Waals surface area contributed by atoms with Gasteiger partial charge in [-0.2, -0.15) is 4.98 Å². The number of nitrogens with one attached hydrogen (secondary N) is 2. The Bertz CT molecular complexity index is 753. The zero-order valence-corrected chi connectivity index (χ0v) is 16.6. The van der Waals surface area contributed by atoms with Gasteiger partial charge < -0.3 is 25.0 Å². The maximum Gasteiger partial charge on any atom is 0.230 e. The highest BCUT2D eigenvalue weighted by atomic mass is 35.5. The van der Waals surface area contributed by atoms with Gasteiger partial charge in [-0.25, -0.2) is 4.98 Å². The first-order chi connectivity index (χ1) is 13.2. The van der Waals surface area contributed by atoms with Crippen molar-refractivity contribution in [2.45, 2.75) is 19.3 Å². The molecule has 1 aliphatic heterocycles. The van der Waals surface area contributed by atoms with E-state index in [0.717, 1.165) is 18.7 Å². The first-order valence-corrected chi connectivity index (χ1v) is 9.58. The lowest BCUT2D eigenvalue weighted by Crippen LogP contribution is -2.21. The maximum atomic E-state index is 6.03. The summed E-state index contributed by atoms with van der Waals surface area (Å²) in [6, 6.07) is 7.30. The molecule has 0 atom stereocenters. The van der Waals surface area contributed by atoms with Crippen LogP contribution in [-0.4, -0.2) is 55.3 Å². The van der Waals surface area contributed by atoms with Gasteiger partial charge in [-0.3, -0.25) is 0 Å². The fourth-order valence-corrected chi connectivity index (χ4v) is 3.26. The Kier molecular flexibility index (Phi) is 6.95. The van der Waals surface area contributed by atoms with Gasteiger partial charge >= 0.3 is 0 Å². The maximum absolute atomic E-state index is 6.03. The third-order valence-electron chi connectivity index (χ3n) is 4.45. The highest BCUT2D eigenvalue weighted by molar-refractivity contribution is 6.29. The second kappa shape index (κ2) is 9.62. The summed E-state index contributed by atoms with van der Waals surface area (Å²) in [6.45, 7) is 4.13. The fourth-order valence-electron chi connectivity index (χ4n) is 3.07. The number of hydrogen-bond donors (Lipinski definition) is 2. The minimum Gasteiger partial charge on any atom is -0.493 e. The molecule has 0 radical (unpaired) electrons. The van der Waals surface area contributed by atoms with E-state index in [1.165, 1.54) is 25.9 Å². The molecule has 8 heteroatoms. The number of benzene rings is 1. The van der Waals surface area contributed by atoms with E-state index in [9.17, 15) is 0 Å². The third kappa shape index (κ3) is 5.61. The van der Waals surface area contributed by atoms with Gasteiger partial charge in [0.1, 0.15) is 11.0 Å². The van der Waals surface area contributed by atoms with Crippen molar-refractivity contribution in [3.63, 3.8) is 0 Å². The van der Waals surface area contributed by atoms with E-state index in [-0.39, 0.29) is 0 Å². The van der Waals surface area contributed by atoms with E-state index in [4.69, 9.17) is 21.1 Å². The van der Waals surface area contributed by atoms with Crippen molar-refractivity contribution in [2.75, 3.05) is 51.0 Å². The van der Waals surface area contributed by atoms with Crippen LogP contribution in [0.2, 0.25) is 5.15 Å². The Morgan fingerprint density at radius 3 is 2.70 bits per heavy atom. The van der Waals surface area contributed by atoms with Crippen molar-refractivity contribution in [1.82, 2.24) is 14.9 Å². The van der Waals surface area contributed by atoms with Crippen molar-refractivity contribution in [3.05, 3.63) is 29.4 Å². The van der Waals surface area contributed by atoms with Gasteiger partial charge in [0.25, 0.3) is 0 Å². The molecule has 0 aliphatic carbocycles. The van der Waals surface area contributed by atoms with Crippen molar-refractivity contribution in [1.29, 1.82) is 0 Å². The average molecular weight is 392 g/mol. The number of hydrogen-bond acceptors (Lipinski definition) is 7. The van der Waals surface area contributed by atoms with E-state index in [0.29, 0.717) is 35.0 Å². The van der Waals surface area contributed by atoms with Crippen LogP contribution >= 0.6 is 11.6 Å². The molecule has 0 bridgehead atoms. The Hall–Kier alpha value is -2.25. The number of halogens is 1. The summed E-state index contributed by atoms with van der Waals surface area (Å²) in [5, 5.41) is 6.48. The molecule has 0 saturated carbocycles. The van der Waals surface area contributed by atoms with E-state index in [1.54, 1.807) is 20.2 Å². The van der Waals surface area contributed by atoms with Crippen LogP contribution in [0.25, 0.3) is 0 Å². The summed E-state index contributed by atoms with van der Waals surface area (Å²) in [5.74, 6) is 2.45. The SMILES string of the molecule is CNc1cc(Cl)nc(Nc2ccc(OC)c(OCCCN3CCCC3)c2)n1. The molecule has 27 heavy (non-hydrogen) atoms. The number of nitrogens with zero attached hydrogens (tertiary/aromatic N) is 3. The molecular weight excluding hydrogens is 366 g/mol. The van der Waals surface area contributed by atoms with Crippen LogP contribution in [0.5, 0.6) is 11.5 Å². The highest BCUT2D eigenvalue weighted by Gasteiger charge is 2.12. The van der Waals surface area contributed by atoms with Gasteiger partial charge in [0.05, 0.1) is 13.7 Å². The number of methoxy groups -OCH3 is 1. The van der Waals surface area contributed by atoms with Gasteiger partial charge in [0.2, 0.25) is 5.95 Å². The Labute approximate surface area is 165 Å². The summed E-state index contributed by atoms with van der Waals surface area (Å²) in [4.78, 5) is 11.0. The van der Waals surface area contributed by atoms with Crippen LogP contribution < -0.4 is 20.1 Å². The van der Waals surface area contributed by atoms with Crippen LogP contribution in [0.3, 0.4) is 0 Å². The number of aromatic nitrogens is 2. The number of likely N-dealkylation sites (tertiary alicyclic amines) is 1. The smallest absolute Gasteiger partial charge is 0.230 e. The molecule has 1 aromatic carbocycles. The van der Waals surface area contributed by atoms with E-state index in [2.05, 4.69) is 25.5 Å². The second-order valence-electron chi connectivity index (χ2n) is 6.39. The number of anilines is 3. The molecule has 0 spiro atoms. The molecule has 146 valence electrons. The van der Waals surface area contributed by atoms with Crippen molar-refractivity contribution in [2.24, 2.45) is 0 Å². The predicted molar refractivity (Wildman–Crippen MR) is 109 cm³/mol. The Morgan fingerprint density at radius 2 is 1.96 bits per heavy atom. The first kappa shape index (κ1) is 19.5. The van der Waals surface area contributed by atoms with Crippen LogP contribution in [0.15, 0.2) is 24.3 Å². The molecule has 0 unspecified atom stereocenters.